The van der Waals surface area contributed by atoms with Gasteiger partial charge >= 0.3 is 0 Å². The lowest BCUT2D eigenvalue weighted by molar-refractivity contribution is 0.984. The van der Waals surface area contributed by atoms with E-state index in [9.17, 15) is 0 Å². The minimum absolute atomic E-state index is 0.594. The molecule has 10 rings (SSSR count). The van der Waals surface area contributed by atoms with Crippen molar-refractivity contribution in [2.45, 2.75) is 6.92 Å². The zero-order valence-electron chi connectivity index (χ0n) is 25.7. The van der Waals surface area contributed by atoms with Crippen LogP contribution in [0.2, 0.25) is 0 Å². The van der Waals surface area contributed by atoms with Crippen molar-refractivity contribution < 1.29 is 0 Å². The van der Waals surface area contributed by atoms with Crippen molar-refractivity contribution in [1.82, 2.24) is 14.3 Å². The van der Waals surface area contributed by atoms with Crippen LogP contribution in [0.25, 0.3) is 82.2 Å². The van der Waals surface area contributed by atoms with Crippen LogP contribution in [0.5, 0.6) is 0 Å². The average Bonchev–Trinajstić information content (AvgIpc) is 3.54. The van der Waals surface area contributed by atoms with Crippen LogP contribution in [0.15, 0.2) is 150 Å². The van der Waals surface area contributed by atoms with Gasteiger partial charge in [0, 0.05) is 49.4 Å². The van der Waals surface area contributed by atoms with Crippen molar-refractivity contribution in [1.29, 1.82) is 0 Å². The van der Waals surface area contributed by atoms with Crippen molar-refractivity contribution >= 4 is 88.4 Å². The van der Waals surface area contributed by atoms with E-state index < -0.39 is 0 Å². The van der Waals surface area contributed by atoms with Gasteiger partial charge in [-0.15, -0.1) is 0 Å². The first-order chi connectivity index (χ1) is 23.2. The smallest absolute Gasteiger partial charge is 0.134 e. The molecule has 0 amide bonds. The summed E-state index contributed by atoms with van der Waals surface area (Å²) in [6.07, 6.45) is 3.89. The summed E-state index contributed by atoms with van der Waals surface area (Å²) in [6, 6.07) is 45.4. The van der Waals surface area contributed by atoms with E-state index in [4.69, 9.17) is 10.7 Å². The lowest BCUT2D eigenvalue weighted by Gasteiger charge is -2.18. The number of benzene rings is 6. The topological polar surface area (TPSA) is 59.8 Å². The van der Waals surface area contributed by atoms with Gasteiger partial charge in [-0.05, 0) is 54.1 Å². The van der Waals surface area contributed by atoms with Gasteiger partial charge in [0.2, 0.25) is 0 Å². The highest BCUT2D eigenvalue weighted by Gasteiger charge is 2.23. The lowest BCUT2D eigenvalue weighted by Crippen LogP contribution is -2.23. The molecule has 1 aliphatic heterocycles. The van der Waals surface area contributed by atoms with E-state index in [0.717, 1.165) is 55.0 Å². The second-order valence-corrected chi connectivity index (χ2v) is 12.4. The summed E-state index contributed by atoms with van der Waals surface area (Å²) >= 11 is 0. The predicted octanol–water partition coefficient (Wildman–Crippen LogP) is 8.85. The Hall–Kier alpha value is -6.33. The van der Waals surface area contributed by atoms with Gasteiger partial charge in [0.25, 0.3) is 0 Å². The summed E-state index contributed by atoms with van der Waals surface area (Å²) in [7, 11) is 0. The van der Waals surface area contributed by atoms with Gasteiger partial charge < -0.3 is 15.5 Å². The molecule has 0 radical (unpaired) electrons. The van der Waals surface area contributed by atoms with Gasteiger partial charge in [-0.25, -0.2) is 0 Å². The zero-order chi connectivity index (χ0) is 31.2. The largest absolute Gasteiger partial charge is 0.383 e. The fraction of sp³-hybridized carbons (Fsp3) is 0.0238. The molecular weight excluding hydrogens is 574 g/mol. The molecule has 47 heavy (non-hydrogen) atoms. The number of aromatic nitrogens is 2. The second-order valence-electron chi connectivity index (χ2n) is 12.4. The van der Waals surface area contributed by atoms with Crippen molar-refractivity contribution in [3.63, 3.8) is 0 Å². The number of rotatable bonds is 1. The molecule has 1 aliphatic rings. The molecule has 0 fully saturated rings. The van der Waals surface area contributed by atoms with Crippen LogP contribution in [0.3, 0.4) is 0 Å². The standard InChI is InChI=1S/C42H29N5/c1-25-21-22-44-39(38-31-15-6-9-20-36(31)46-34-18-7-4-13-28(34)30-16-10-17-32(38)41(30)46)40(45-25)42(43)47-35-19-8-5-14-29(35)33-23-26-11-2-3-12-27(26)24-37(33)47/h2-24,45H,43H2,1H3/b39-38-,42-40-. The number of hydrogen-bond acceptors (Lipinski definition) is 3. The maximum Gasteiger partial charge on any atom is 0.134 e. The van der Waals surface area contributed by atoms with E-state index in [1.165, 1.54) is 38.0 Å². The van der Waals surface area contributed by atoms with E-state index in [2.05, 4.69) is 149 Å². The highest BCUT2D eigenvalue weighted by molar-refractivity contribution is 6.18. The Balaban J connectivity index is 1.42. The molecule has 9 aromatic rings. The van der Waals surface area contributed by atoms with Crippen molar-refractivity contribution in [2.75, 3.05) is 0 Å². The summed E-state index contributed by atoms with van der Waals surface area (Å²) in [5.41, 5.74) is 15.6. The quantitative estimate of drug-likeness (QED) is 0.184. The molecule has 4 heterocycles. The van der Waals surface area contributed by atoms with Crippen LogP contribution in [0.4, 0.5) is 0 Å². The van der Waals surface area contributed by atoms with Crippen LogP contribution < -0.4 is 16.3 Å². The third-order valence-corrected chi connectivity index (χ3v) is 9.74. The van der Waals surface area contributed by atoms with Gasteiger partial charge in [-0.1, -0.05) is 97.1 Å². The summed E-state index contributed by atoms with van der Waals surface area (Å²) in [5.74, 6) is 0.594. The average molecular weight is 604 g/mol. The van der Waals surface area contributed by atoms with Crippen LogP contribution in [0, 0.1) is 0 Å². The van der Waals surface area contributed by atoms with Gasteiger partial charge in [0.05, 0.1) is 33.3 Å². The molecule has 0 saturated carbocycles. The minimum Gasteiger partial charge on any atom is -0.383 e. The SMILES string of the molecule is CC1=CC=NC(=c2/c3ccccc3n3c4ccccc4c4cccc2c43)/C(=C(\N)n2c3ccccc3c3cc4ccccc4cc32)N1. The fourth-order valence-electron chi connectivity index (χ4n) is 7.74. The number of nitrogens with two attached hydrogens (primary N) is 1. The third-order valence-electron chi connectivity index (χ3n) is 9.74. The first kappa shape index (κ1) is 25.9. The van der Waals surface area contributed by atoms with Gasteiger partial charge in [-0.3, -0.25) is 9.56 Å². The zero-order valence-corrected chi connectivity index (χ0v) is 25.7. The summed E-state index contributed by atoms with van der Waals surface area (Å²) < 4.78 is 4.60. The molecule has 0 spiro atoms. The number of nitrogens with one attached hydrogen (secondary N) is 1. The van der Waals surface area contributed by atoms with Gasteiger partial charge in [0.1, 0.15) is 11.5 Å². The van der Waals surface area contributed by atoms with E-state index in [1.807, 2.05) is 12.3 Å². The fourth-order valence-corrected chi connectivity index (χ4v) is 7.74. The Kier molecular flexibility index (Phi) is 5.29. The van der Waals surface area contributed by atoms with E-state index in [-0.39, 0.29) is 0 Å². The molecule has 0 saturated heterocycles. The molecule has 0 aliphatic carbocycles. The van der Waals surface area contributed by atoms with E-state index >= 15 is 0 Å². The van der Waals surface area contributed by atoms with Gasteiger partial charge in [0.15, 0.2) is 0 Å². The van der Waals surface area contributed by atoms with E-state index in [0.29, 0.717) is 5.82 Å². The molecule has 3 aromatic heterocycles. The maximum atomic E-state index is 7.43. The predicted molar refractivity (Wildman–Crippen MR) is 198 cm³/mol. The number of nitrogens with zero attached hydrogens (tertiary/aromatic N) is 3. The second kappa shape index (κ2) is 9.59. The monoisotopic (exact) mass is 603 g/mol. The Labute approximate surface area is 269 Å². The normalized spacial score (nSPS) is 16.1. The van der Waals surface area contributed by atoms with Crippen LogP contribution in [-0.4, -0.2) is 15.2 Å². The minimum atomic E-state index is 0.594. The number of pyridine rings is 1. The Bertz CT molecular complexity index is 2950. The van der Waals surface area contributed by atoms with Crippen LogP contribution in [-0.2, 0) is 0 Å². The molecule has 222 valence electrons. The molecule has 5 nitrogen and oxygen atoms in total. The Morgan fingerprint density at radius 2 is 1.19 bits per heavy atom. The first-order valence-corrected chi connectivity index (χ1v) is 15.9. The maximum absolute atomic E-state index is 7.43. The molecule has 0 unspecified atom stereocenters. The number of aliphatic imine (C=N–C) groups is 1. The molecular formula is C42H29N5. The highest BCUT2D eigenvalue weighted by Crippen LogP contribution is 2.37. The molecule has 0 bridgehead atoms. The number of fused-ring (bicyclic) bond motifs is 9. The third kappa shape index (κ3) is 3.56. The van der Waals surface area contributed by atoms with Crippen molar-refractivity contribution in [3.05, 3.63) is 150 Å². The van der Waals surface area contributed by atoms with Gasteiger partial charge in [-0.2, -0.15) is 0 Å². The van der Waals surface area contributed by atoms with Crippen LogP contribution >= 0.6 is 0 Å². The Morgan fingerprint density at radius 1 is 0.596 bits per heavy atom. The first-order valence-electron chi connectivity index (χ1n) is 15.9. The van der Waals surface area contributed by atoms with Crippen molar-refractivity contribution in [3.8, 4) is 0 Å². The molecule has 3 N–H and O–H groups in total. The number of allylic oxidation sites excluding steroid dienone is 2. The van der Waals surface area contributed by atoms with Crippen molar-refractivity contribution in [2.24, 2.45) is 10.7 Å². The molecule has 0 atom stereocenters. The number of para-hydroxylation sites is 4. The number of hydrogen-bond donors (Lipinski definition) is 2. The molecule has 6 aromatic carbocycles. The highest BCUT2D eigenvalue weighted by atomic mass is 15.1. The summed E-state index contributed by atoms with van der Waals surface area (Å²) in [4.78, 5) is 5.19. The Morgan fingerprint density at radius 3 is 1.98 bits per heavy atom. The van der Waals surface area contributed by atoms with Crippen LogP contribution in [0.1, 0.15) is 6.92 Å². The van der Waals surface area contributed by atoms with E-state index in [1.54, 1.807) is 0 Å². The summed E-state index contributed by atoms with van der Waals surface area (Å²) in [6.45, 7) is 2.06. The lowest BCUT2D eigenvalue weighted by atomic mass is 10.0. The molecule has 5 heteroatoms. The summed E-state index contributed by atoms with van der Waals surface area (Å²) in [5, 5.41) is 14.1.